The molecule has 4 nitrogen and oxygen atoms in total. The van der Waals surface area contributed by atoms with Crippen LogP contribution >= 0.6 is 0 Å². The van der Waals surface area contributed by atoms with E-state index in [2.05, 4.69) is 5.32 Å². The van der Waals surface area contributed by atoms with Crippen LogP contribution in [-0.4, -0.2) is 25.1 Å². The summed E-state index contributed by atoms with van der Waals surface area (Å²) in [4.78, 5) is 14.5. The zero-order valence-electron chi connectivity index (χ0n) is 15.1. The van der Waals surface area contributed by atoms with Gasteiger partial charge in [-0.2, -0.15) is 13.2 Å². The number of nitrogens with zero attached hydrogens (tertiary/aromatic N) is 1. The molecule has 1 atom stereocenters. The third-order valence-electron chi connectivity index (χ3n) is 4.63. The summed E-state index contributed by atoms with van der Waals surface area (Å²) in [6.07, 6.45) is -4.86. The summed E-state index contributed by atoms with van der Waals surface area (Å²) in [6.45, 7) is 5.03. The summed E-state index contributed by atoms with van der Waals surface area (Å²) >= 11 is 0. The van der Waals surface area contributed by atoms with E-state index in [1.807, 2.05) is 36.9 Å². The summed E-state index contributed by atoms with van der Waals surface area (Å²) in [5.41, 5.74) is 0.796. The van der Waals surface area contributed by atoms with Gasteiger partial charge in [-0.05, 0) is 43.7 Å². The maximum atomic E-state index is 13.1. The first-order chi connectivity index (χ1) is 12.8. The van der Waals surface area contributed by atoms with E-state index in [4.69, 9.17) is 4.74 Å². The summed E-state index contributed by atoms with van der Waals surface area (Å²) < 4.78 is 45.0. The van der Waals surface area contributed by atoms with Gasteiger partial charge < -0.3 is 15.0 Å². The predicted octanol–water partition coefficient (Wildman–Crippen LogP) is 4.49. The van der Waals surface area contributed by atoms with Gasteiger partial charge in [-0.15, -0.1) is 0 Å². The highest BCUT2D eigenvalue weighted by atomic mass is 19.4. The van der Waals surface area contributed by atoms with Crippen molar-refractivity contribution in [1.82, 2.24) is 0 Å². The molecule has 1 amide bonds. The Labute approximate surface area is 155 Å². The largest absolute Gasteiger partial charge is 0.480 e. The highest BCUT2D eigenvalue weighted by Gasteiger charge is 2.33. The molecule has 7 heteroatoms. The van der Waals surface area contributed by atoms with Gasteiger partial charge in [0.2, 0.25) is 0 Å². The number of benzene rings is 2. The Morgan fingerprint density at radius 2 is 1.89 bits per heavy atom. The molecule has 0 bridgehead atoms. The normalized spacial score (nSPS) is 15.8. The van der Waals surface area contributed by atoms with Gasteiger partial charge >= 0.3 is 6.18 Å². The zero-order valence-corrected chi connectivity index (χ0v) is 15.1. The molecule has 0 radical (unpaired) electrons. The van der Waals surface area contributed by atoms with E-state index in [-0.39, 0.29) is 5.69 Å². The molecule has 0 spiro atoms. The lowest BCUT2D eigenvalue weighted by atomic mass is 10.1. The van der Waals surface area contributed by atoms with E-state index in [0.29, 0.717) is 30.9 Å². The number of carbonyl (C=O) groups excluding carboxylic acids is 1. The van der Waals surface area contributed by atoms with Crippen LogP contribution in [0.5, 0.6) is 5.75 Å². The molecule has 0 fully saturated rings. The fourth-order valence-corrected chi connectivity index (χ4v) is 3.19. The number of fused-ring (bicyclic) bond motifs is 1. The molecular formula is C20H21F3N2O2. The maximum Gasteiger partial charge on any atom is 0.416 e. The van der Waals surface area contributed by atoms with Crippen molar-refractivity contribution in [1.29, 1.82) is 0 Å². The lowest BCUT2D eigenvalue weighted by Gasteiger charge is -2.25. The predicted molar refractivity (Wildman–Crippen MR) is 98.2 cm³/mol. The van der Waals surface area contributed by atoms with Crippen LogP contribution in [0, 0.1) is 0 Å². The average Bonchev–Trinajstić information content (AvgIpc) is 3.07. The number of alkyl halides is 3. The first-order valence-corrected chi connectivity index (χ1v) is 8.85. The fourth-order valence-electron chi connectivity index (χ4n) is 3.19. The second-order valence-corrected chi connectivity index (χ2v) is 6.31. The number of nitrogens with one attached hydrogen (secondary N) is 1. The SMILES string of the molecule is CCN(CC)c1ccc(C(F)(F)F)cc1NC(=O)C1Cc2ccccc2O1. The lowest BCUT2D eigenvalue weighted by molar-refractivity contribution is -0.137. The van der Waals surface area contributed by atoms with Crippen LogP contribution in [0.3, 0.4) is 0 Å². The van der Waals surface area contributed by atoms with Gasteiger partial charge in [0.1, 0.15) is 5.75 Å². The van der Waals surface area contributed by atoms with Crippen molar-refractivity contribution in [2.45, 2.75) is 32.5 Å². The van der Waals surface area contributed by atoms with Gasteiger partial charge in [-0.25, -0.2) is 0 Å². The molecule has 1 aliphatic heterocycles. The lowest BCUT2D eigenvalue weighted by Crippen LogP contribution is -2.32. The molecule has 2 aromatic rings. The van der Waals surface area contributed by atoms with E-state index < -0.39 is 23.8 Å². The van der Waals surface area contributed by atoms with Crippen molar-refractivity contribution in [2.24, 2.45) is 0 Å². The minimum absolute atomic E-state index is 0.137. The van der Waals surface area contributed by atoms with Crippen LogP contribution in [0.25, 0.3) is 0 Å². The molecule has 1 N–H and O–H groups in total. The molecule has 0 aromatic heterocycles. The van der Waals surface area contributed by atoms with E-state index >= 15 is 0 Å². The van der Waals surface area contributed by atoms with Gasteiger partial charge in [0.05, 0.1) is 16.9 Å². The third-order valence-corrected chi connectivity index (χ3v) is 4.63. The summed E-state index contributed by atoms with van der Waals surface area (Å²) in [5.74, 6) is 0.171. The number of para-hydroxylation sites is 1. The van der Waals surface area contributed by atoms with E-state index in [1.165, 1.54) is 6.07 Å². The van der Waals surface area contributed by atoms with E-state index in [0.717, 1.165) is 17.7 Å². The quantitative estimate of drug-likeness (QED) is 0.833. The molecule has 0 saturated carbocycles. The van der Waals surface area contributed by atoms with Crippen LogP contribution in [0.1, 0.15) is 25.0 Å². The molecule has 0 aliphatic carbocycles. The van der Waals surface area contributed by atoms with Crippen LogP contribution in [-0.2, 0) is 17.4 Å². The van der Waals surface area contributed by atoms with Crippen LogP contribution in [0.4, 0.5) is 24.5 Å². The highest BCUT2D eigenvalue weighted by Crippen LogP contribution is 2.36. The first kappa shape index (κ1) is 19.1. The average molecular weight is 378 g/mol. The third kappa shape index (κ3) is 4.02. The number of hydrogen-bond donors (Lipinski definition) is 1. The van der Waals surface area contributed by atoms with Gasteiger partial charge in [0.15, 0.2) is 6.10 Å². The molecule has 2 aromatic carbocycles. The number of ether oxygens (including phenoxy) is 1. The smallest absolute Gasteiger partial charge is 0.416 e. The molecular weight excluding hydrogens is 357 g/mol. The summed E-state index contributed by atoms with van der Waals surface area (Å²) in [7, 11) is 0. The van der Waals surface area contributed by atoms with Gasteiger partial charge in [0.25, 0.3) is 5.91 Å². The van der Waals surface area contributed by atoms with Crippen molar-refractivity contribution < 1.29 is 22.7 Å². The Morgan fingerprint density at radius 3 is 2.52 bits per heavy atom. The fraction of sp³-hybridized carbons (Fsp3) is 0.350. The Hall–Kier alpha value is -2.70. The number of rotatable bonds is 5. The van der Waals surface area contributed by atoms with E-state index in [9.17, 15) is 18.0 Å². The van der Waals surface area contributed by atoms with Gasteiger partial charge in [-0.3, -0.25) is 4.79 Å². The van der Waals surface area contributed by atoms with Crippen molar-refractivity contribution in [3.05, 3.63) is 53.6 Å². The molecule has 1 heterocycles. The second-order valence-electron chi connectivity index (χ2n) is 6.31. The zero-order chi connectivity index (χ0) is 19.6. The van der Waals surface area contributed by atoms with Crippen LogP contribution in [0.2, 0.25) is 0 Å². The molecule has 3 rings (SSSR count). The molecule has 1 unspecified atom stereocenters. The number of amides is 1. The number of hydrogen-bond acceptors (Lipinski definition) is 3. The Balaban J connectivity index is 1.87. The van der Waals surface area contributed by atoms with E-state index in [1.54, 1.807) is 6.07 Å². The molecule has 144 valence electrons. The number of anilines is 2. The minimum atomic E-state index is -4.48. The van der Waals surface area contributed by atoms with Gasteiger partial charge in [-0.1, -0.05) is 18.2 Å². The van der Waals surface area contributed by atoms with Crippen LogP contribution < -0.4 is 15.0 Å². The van der Waals surface area contributed by atoms with Crippen molar-refractivity contribution >= 4 is 17.3 Å². The Kier molecular flexibility index (Phi) is 5.30. The summed E-state index contributed by atoms with van der Waals surface area (Å²) in [6, 6.07) is 10.7. The monoisotopic (exact) mass is 378 g/mol. The standard InChI is InChI=1S/C20H21F3N2O2/c1-3-25(4-2)16-10-9-14(20(21,22)23)12-15(16)24-19(26)18-11-13-7-5-6-8-17(13)27-18/h5-10,12,18H,3-4,11H2,1-2H3,(H,24,26). The molecule has 0 saturated heterocycles. The number of carbonyl (C=O) groups is 1. The number of halogens is 3. The van der Waals surface area contributed by atoms with Gasteiger partial charge in [0, 0.05) is 19.5 Å². The topological polar surface area (TPSA) is 41.6 Å². The highest BCUT2D eigenvalue weighted by molar-refractivity contribution is 5.98. The van der Waals surface area contributed by atoms with Crippen LogP contribution in [0.15, 0.2) is 42.5 Å². The molecule has 27 heavy (non-hydrogen) atoms. The van der Waals surface area contributed by atoms with Crippen molar-refractivity contribution in [3.63, 3.8) is 0 Å². The Bertz CT molecular complexity index is 807. The Morgan fingerprint density at radius 1 is 1.19 bits per heavy atom. The summed E-state index contributed by atoms with van der Waals surface area (Å²) in [5, 5.41) is 2.64. The molecule has 1 aliphatic rings. The van der Waals surface area contributed by atoms with Crippen molar-refractivity contribution in [3.8, 4) is 5.75 Å². The second kappa shape index (κ2) is 7.50. The maximum absolute atomic E-state index is 13.1. The first-order valence-electron chi connectivity index (χ1n) is 8.85. The van der Waals surface area contributed by atoms with Crippen molar-refractivity contribution in [2.75, 3.05) is 23.3 Å². The minimum Gasteiger partial charge on any atom is -0.480 e.